The second-order valence-electron chi connectivity index (χ2n) is 12.0. The molecule has 1 aliphatic carbocycles. The smallest absolute Gasteiger partial charge is 0.249 e. The lowest BCUT2D eigenvalue weighted by atomic mass is 9.57. The Hall–Kier alpha value is -2.83. The van der Waals surface area contributed by atoms with Crippen molar-refractivity contribution in [3.05, 3.63) is 29.3 Å². The van der Waals surface area contributed by atoms with E-state index < -0.39 is 27.5 Å². The molecule has 1 saturated carbocycles. The highest BCUT2D eigenvalue weighted by Crippen LogP contribution is 2.70. The molecule has 6 aliphatic heterocycles. The number of piperazine rings is 1. The Labute approximate surface area is 192 Å². The maximum Gasteiger partial charge on any atom is 0.249 e. The molecule has 172 valence electrons. The van der Waals surface area contributed by atoms with Gasteiger partial charge in [-0.05, 0) is 68.7 Å². The monoisotopic (exact) mass is 447 g/mol. The number of carbonyl (C=O) groups excluding carboxylic acids is 3. The number of carbonyl (C=O) groups is 3. The minimum Gasteiger partial charge on any atom is -0.483 e. The molecule has 4 saturated heterocycles. The van der Waals surface area contributed by atoms with E-state index in [1.54, 1.807) is 0 Å². The van der Waals surface area contributed by atoms with E-state index in [4.69, 9.17) is 4.74 Å². The topological polar surface area (TPSA) is 87.7 Å². The van der Waals surface area contributed by atoms with Crippen molar-refractivity contribution >= 4 is 29.5 Å². The molecule has 0 aromatic heterocycles. The number of hydrogen-bond acceptors (Lipinski definition) is 4. The molecule has 7 nitrogen and oxygen atoms in total. The molecule has 3 amide bonds. The normalized spacial score (nSPS) is 40.2. The van der Waals surface area contributed by atoms with Gasteiger partial charge in [0.1, 0.15) is 22.4 Å². The molecular weight excluding hydrogens is 418 g/mol. The highest BCUT2D eigenvalue weighted by Gasteiger charge is 2.80. The summed E-state index contributed by atoms with van der Waals surface area (Å²) < 4.78 is 6.15. The first-order valence-corrected chi connectivity index (χ1v) is 12.0. The van der Waals surface area contributed by atoms with Crippen LogP contribution >= 0.6 is 0 Å². The number of ether oxygens (including phenoxy) is 1. The largest absolute Gasteiger partial charge is 0.483 e. The molecule has 5 fully saturated rings. The third-order valence-electron chi connectivity index (χ3n) is 9.84. The van der Waals surface area contributed by atoms with E-state index >= 15 is 0 Å². The number of hydrogen-bond donors (Lipinski definition) is 2. The number of piperidine rings is 2. The average Bonchev–Trinajstić information content (AvgIpc) is 3.35. The second kappa shape index (κ2) is 5.29. The fourth-order valence-electron chi connectivity index (χ4n) is 8.24. The van der Waals surface area contributed by atoms with Crippen molar-refractivity contribution < 1.29 is 19.1 Å². The summed E-state index contributed by atoms with van der Waals surface area (Å²) >= 11 is 0. The van der Waals surface area contributed by atoms with Crippen molar-refractivity contribution in [1.29, 1.82) is 0 Å². The SMILES string of the molecule is CC1(C)C=Cc2c(ccc3c2NC(=O)C32C[C@@]34NC(=O)[C@]5(CCCN5C3=O)C[C@H]4C2(C)C)O1. The van der Waals surface area contributed by atoms with Crippen LogP contribution in [0.3, 0.4) is 0 Å². The fraction of sp³-hybridized carbons (Fsp3) is 0.577. The van der Waals surface area contributed by atoms with Gasteiger partial charge in [0.15, 0.2) is 0 Å². The number of benzene rings is 1. The first-order chi connectivity index (χ1) is 15.5. The predicted octanol–water partition coefficient (Wildman–Crippen LogP) is 2.74. The van der Waals surface area contributed by atoms with Gasteiger partial charge in [-0.1, -0.05) is 19.9 Å². The van der Waals surface area contributed by atoms with Crippen LogP contribution in [0.25, 0.3) is 6.08 Å². The summed E-state index contributed by atoms with van der Waals surface area (Å²) in [5.74, 6) is 0.523. The molecule has 3 spiro atoms. The van der Waals surface area contributed by atoms with E-state index in [0.29, 0.717) is 25.8 Å². The molecule has 8 rings (SSSR count). The van der Waals surface area contributed by atoms with Crippen LogP contribution in [0.5, 0.6) is 5.75 Å². The van der Waals surface area contributed by atoms with Crippen molar-refractivity contribution in [1.82, 2.24) is 10.2 Å². The Morgan fingerprint density at radius 1 is 1.09 bits per heavy atom. The number of nitrogens with one attached hydrogen (secondary N) is 2. The number of amides is 3. The zero-order valence-electron chi connectivity index (χ0n) is 19.5. The minimum absolute atomic E-state index is 0.00462. The number of anilines is 1. The van der Waals surface area contributed by atoms with E-state index in [1.165, 1.54) is 0 Å². The maximum absolute atomic E-state index is 13.9. The van der Waals surface area contributed by atoms with Gasteiger partial charge >= 0.3 is 0 Å². The third kappa shape index (κ3) is 1.87. The van der Waals surface area contributed by atoms with Gasteiger partial charge in [0.25, 0.3) is 0 Å². The van der Waals surface area contributed by atoms with Crippen LogP contribution in [0.2, 0.25) is 0 Å². The van der Waals surface area contributed by atoms with Crippen molar-refractivity contribution in [2.45, 2.75) is 75.5 Å². The van der Waals surface area contributed by atoms with E-state index in [0.717, 1.165) is 29.0 Å². The van der Waals surface area contributed by atoms with Crippen LogP contribution < -0.4 is 15.4 Å². The third-order valence-corrected chi connectivity index (χ3v) is 9.84. The first-order valence-electron chi connectivity index (χ1n) is 12.0. The number of nitrogens with zero attached hydrogens (tertiary/aromatic N) is 1. The summed E-state index contributed by atoms with van der Waals surface area (Å²) in [6, 6.07) is 3.95. The molecule has 0 radical (unpaired) electrons. The molecule has 2 bridgehead atoms. The lowest BCUT2D eigenvalue weighted by molar-refractivity contribution is -0.175. The minimum atomic E-state index is -1.03. The Bertz CT molecular complexity index is 1230. The zero-order valence-corrected chi connectivity index (χ0v) is 19.5. The molecule has 2 N–H and O–H groups in total. The van der Waals surface area contributed by atoms with Crippen molar-refractivity contribution in [3.63, 3.8) is 0 Å². The van der Waals surface area contributed by atoms with Gasteiger partial charge in [0.05, 0.1) is 11.1 Å². The molecule has 6 heterocycles. The van der Waals surface area contributed by atoms with Gasteiger partial charge in [-0.15, -0.1) is 0 Å². The van der Waals surface area contributed by atoms with Crippen LogP contribution in [-0.4, -0.2) is 45.8 Å². The van der Waals surface area contributed by atoms with Crippen LogP contribution in [-0.2, 0) is 19.8 Å². The average molecular weight is 448 g/mol. The van der Waals surface area contributed by atoms with Gasteiger partial charge in [0, 0.05) is 18.0 Å². The highest BCUT2D eigenvalue weighted by atomic mass is 16.5. The van der Waals surface area contributed by atoms with Crippen LogP contribution in [0.15, 0.2) is 18.2 Å². The van der Waals surface area contributed by atoms with Gasteiger partial charge in [-0.2, -0.15) is 0 Å². The zero-order chi connectivity index (χ0) is 23.2. The number of fused-ring (bicyclic) bond motifs is 5. The summed E-state index contributed by atoms with van der Waals surface area (Å²) in [6.07, 6.45) is 6.51. The molecule has 1 unspecified atom stereocenters. The summed E-state index contributed by atoms with van der Waals surface area (Å²) in [5.41, 5.74) is -1.06. The summed E-state index contributed by atoms with van der Waals surface area (Å²) in [6.45, 7) is 8.86. The molecule has 7 heteroatoms. The second-order valence-corrected chi connectivity index (χ2v) is 12.0. The van der Waals surface area contributed by atoms with Crippen LogP contribution in [0.1, 0.15) is 64.5 Å². The molecule has 4 atom stereocenters. The van der Waals surface area contributed by atoms with E-state index in [9.17, 15) is 14.4 Å². The Morgan fingerprint density at radius 3 is 2.67 bits per heavy atom. The van der Waals surface area contributed by atoms with Gasteiger partial charge in [0.2, 0.25) is 17.7 Å². The first kappa shape index (κ1) is 19.6. The lowest BCUT2D eigenvalue weighted by Gasteiger charge is -2.59. The summed E-state index contributed by atoms with van der Waals surface area (Å²) in [4.78, 5) is 43.0. The molecule has 7 aliphatic rings. The van der Waals surface area contributed by atoms with Crippen LogP contribution in [0.4, 0.5) is 5.69 Å². The predicted molar refractivity (Wildman–Crippen MR) is 122 cm³/mol. The van der Waals surface area contributed by atoms with Gasteiger partial charge in [-0.3, -0.25) is 14.4 Å². The lowest BCUT2D eigenvalue weighted by Crippen LogP contribution is -2.81. The van der Waals surface area contributed by atoms with E-state index in [-0.39, 0.29) is 23.6 Å². The quantitative estimate of drug-likeness (QED) is 0.640. The van der Waals surface area contributed by atoms with E-state index in [2.05, 4.69) is 24.5 Å². The molecule has 33 heavy (non-hydrogen) atoms. The molecule has 1 aromatic carbocycles. The van der Waals surface area contributed by atoms with E-state index in [1.807, 2.05) is 43.0 Å². The molecule has 1 aromatic rings. The summed E-state index contributed by atoms with van der Waals surface area (Å²) in [7, 11) is 0. The Morgan fingerprint density at radius 2 is 1.88 bits per heavy atom. The van der Waals surface area contributed by atoms with Crippen molar-refractivity contribution in [3.8, 4) is 5.75 Å². The van der Waals surface area contributed by atoms with Crippen LogP contribution in [0, 0.1) is 11.3 Å². The number of rotatable bonds is 0. The van der Waals surface area contributed by atoms with Crippen molar-refractivity contribution in [2.24, 2.45) is 11.3 Å². The van der Waals surface area contributed by atoms with Gasteiger partial charge < -0.3 is 20.3 Å². The highest BCUT2D eigenvalue weighted by molar-refractivity contribution is 6.12. The van der Waals surface area contributed by atoms with Crippen molar-refractivity contribution in [2.75, 3.05) is 11.9 Å². The Kier molecular flexibility index (Phi) is 3.14. The summed E-state index contributed by atoms with van der Waals surface area (Å²) in [5, 5.41) is 6.36. The maximum atomic E-state index is 13.9. The Balaban J connectivity index is 1.43. The fourth-order valence-corrected chi connectivity index (χ4v) is 8.24. The molecular formula is C26H29N3O4. The van der Waals surface area contributed by atoms with Gasteiger partial charge in [-0.25, -0.2) is 0 Å². The standard InChI is InChI=1S/C26H29N3O4/c1-22(2)10-8-14-16(33-22)7-6-15-18(14)27-20(31)25(15)13-26-17(23(25,3)4)12-24(19(30)28-26)9-5-11-29(24)21(26)32/h6-8,10,17H,5,9,11-13H2,1-4H3,(H,27,31)(H,28,30)/t17-,24-,25?,26-/m0/s1.